The Bertz CT molecular complexity index is 450. The van der Waals surface area contributed by atoms with Crippen LogP contribution in [0.5, 0.6) is 0 Å². The molecule has 0 amide bonds. The van der Waals surface area contributed by atoms with Crippen LogP contribution in [0.3, 0.4) is 0 Å². The molecule has 1 aromatic carbocycles. The van der Waals surface area contributed by atoms with E-state index in [4.69, 9.17) is 0 Å². The molecule has 0 aliphatic carbocycles. The summed E-state index contributed by atoms with van der Waals surface area (Å²) in [5, 5.41) is 0. The first kappa shape index (κ1) is 11.1. The molecule has 78 valence electrons. The van der Waals surface area contributed by atoms with E-state index < -0.39 is 11.8 Å². The second kappa shape index (κ2) is 4.48. The van der Waals surface area contributed by atoms with E-state index in [0.29, 0.717) is 0 Å². The topological polar surface area (TPSA) is 55.7 Å². The Balaban J connectivity index is 3.47. The predicted molar refractivity (Wildman–Crippen MR) is 50.3 cm³/mol. The zero-order chi connectivity index (χ0) is 11.4. The van der Waals surface area contributed by atoms with Crippen LogP contribution in [0.25, 0.3) is 0 Å². The van der Waals surface area contributed by atoms with Gasteiger partial charge in [-0.2, -0.15) is 4.99 Å². The average molecular weight is 209 g/mol. The van der Waals surface area contributed by atoms with E-state index in [1.54, 1.807) is 0 Å². The number of ether oxygens (including phenoxy) is 1. The van der Waals surface area contributed by atoms with Crippen molar-refractivity contribution in [3.05, 3.63) is 29.1 Å². The minimum absolute atomic E-state index is 0.0516. The molecule has 0 spiro atoms. The Hall–Kier alpha value is -2.00. The first-order chi connectivity index (χ1) is 7.11. The maximum atomic E-state index is 13.1. The van der Waals surface area contributed by atoms with Crippen molar-refractivity contribution in [1.29, 1.82) is 0 Å². The summed E-state index contributed by atoms with van der Waals surface area (Å²) >= 11 is 0. The predicted octanol–water partition coefficient (Wildman–Crippen LogP) is 1.89. The Kier molecular flexibility index (Phi) is 3.31. The van der Waals surface area contributed by atoms with E-state index in [1.807, 2.05) is 0 Å². The average Bonchev–Trinajstić information content (AvgIpc) is 2.23. The quantitative estimate of drug-likeness (QED) is 0.424. The standard InChI is InChI=1S/C10H8FNO3/c1-6-7(11)3-4-8(12-5-13)9(6)10(14)15-2/h3-4H,1-2H3. The van der Waals surface area contributed by atoms with Crippen molar-refractivity contribution in [2.24, 2.45) is 4.99 Å². The van der Waals surface area contributed by atoms with Crippen molar-refractivity contribution >= 4 is 17.7 Å². The second-order valence-corrected chi connectivity index (χ2v) is 2.76. The highest BCUT2D eigenvalue weighted by atomic mass is 19.1. The highest BCUT2D eigenvalue weighted by Gasteiger charge is 2.17. The maximum Gasteiger partial charge on any atom is 0.340 e. The third-order valence-corrected chi connectivity index (χ3v) is 1.93. The van der Waals surface area contributed by atoms with Crippen molar-refractivity contribution in [2.75, 3.05) is 7.11 Å². The Morgan fingerprint density at radius 3 is 2.73 bits per heavy atom. The molecule has 0 heterocycles. The number of hydrogen-bond donors (Lipinski definition) is 0. The highest BCUT2D eigenvalue weighted by Crippen LogP contribution is 2.25. The fourth-order valence-corrected chi connectivity index (χ4v) is 1.17. The van der Waals surface area contributed by atoms with Gasteiger partial charge >= 0.3 is 5.97 Å². The molecule has 0 saturated heterocycles. The van der Waals surface area contributed by atoms with Gasteiger partial charge in [-0.1, -0.05) is 0 Å². The molecule has 0 saturated carbocycles. The van der Waals surface area contributed by atoms with Gasteiger partial charge in [0.05, 0.1) is 18.4 Å². The van der Waals surface area contributed by atoms with E-state index in [9.17, 15) is 14.0 Å². The van der Waals surface area contributed by atoms with Crippen molar-refractivity contribution in [3.63, 3.8) is 0 Å². The van der Waals surface area contributed by atoms with Crippen molar-refractivity contribution in [3.8, 4) is 0 Å². The summed E-state index contributed by atoms with van der Waals surface area (Å²) in [6, 6.07) is 2.34. The van der Waals surface area contributed by atoms with Crippen LogP contribution in [0.15, 0.2) is 17.1 Å². The second-order valence-electron chi connectivity index (χ2n) is 2.76. The largest absolute Gasteiger partial charge is 0.465 e. The number of isocyanates is 1. The normalized spacial score (nSPS) is 9.27. The molecule has 0 radical (unpaired) electrons. The molecule has 1 aromatic rings. The number of hydrogen-bond acceptors (Lipinski definition) is 4. The first-order valence-electron chi connectivity index (χ1n) is 4.07. The molecule has 4 nitrogen and oxygen atoms in total. The van der Waals surface area contributed by atoms with Crippen molar-refractivity contribution < 1.29 is 18.7 Å². The lowest BCUT2D eigenvalue weighted by molar-refractivity contribution is 0.0600. The van der Waals surface area contributed by atoms with Crippen LogP contribution in [0.4, 0.5) is 10.1 Å². The number of nitrogens with zero attached hydrogens (tertiary/aromatic N) is 1. The van der Waals surface area contributed by atoms with Crippen LogP contribution in [-0.4, -0.2) is 19.2 Å². The lowest BCUT2D eigenvalue weighted by Crippen LogP contribution is -2.05. The molecule has 0 aliphatic heterocycles. The Labute approximate surface area is 85.4 Å². The van der Waals surface area contributed by atoms with Crippen LogP contribution in [0, 0.1) is 12.7 Å². The highest BCUT2D eigenvalue weighted by molar-refractivity contribution is 5.96. The van der Waals surface area contributed by atoms with Gasteiger partial charge in [-0.3, -0.25) is 0 Å². The maximum absolute atomic E-state index is 13.1. The SMILES string of the molecule is COC(=O)c1c(N=C=O)ccc(F)c1C. The van der Waals surface area contributed by atoms with Gasteiger partial charge in [0.2, 0.25) is 6.08 Å². The van der Waals surface area contributed by atoms with Gasteiger partial charge in [0.25, 0.3) is 0 Å². The molecule has 0 aliphatic rings. The Morgan fingerprint density at radius 1 is 1.53 bits per heavy atom. The van der Waals surface area contributed by atoms with Gasteiger partial charge in [-0.05, 0) is 19.1 Å². The minimum Gasteiger partial charge on any atom is -0.465 e. The lowest BCUT2D eigenvalue weighted by atomic mass is 10.1. The number of carbonyl (C=O) groups is 1. The zero-order valence-electron chi connectivity index (χ0n) is 8.20. The van der Waals surface area contributed by atoms with Gasteiger partial charge in [-0.25, -0.2) is 14.0 Å². The minimum atomic E-state index is -0.735. The summed E-state index contributed by atoms with van der Waals surface area (Å²) in [5.41, 5.74) is 0.0925. The first-order valence-corrected chi connectivity index (χ1v) is 4.07. The number of methoxy groups -OCH3 is 1. The van der Waals surface area contributed by atoms with Crippen LogP contribution in [-0.2, 0) is 9.53 Å². The van der Waals surface area contributed by atoms with Gasteiger partial charge < -0.3 is 4.74 Å². The summed E-state index contributed by atoms with van der Waals surface area (Å²) in [6.45, 7) is 1.41. The van der Waals surface area contributed by atoms with E-state index in [0.717, 1.165) is 6.07 Å². The van der Waals surface area contributed by atoms with Crippen LogP contribution in [0.2, 0.25) is 0 Å². The van der Waals surface area contributed by atoms with Gasteiger partial charge in [0, 0.05) is 5.56 Å². The van der Waals surface area contributed by atoms with Crippen molar-refractivity contribution in [1.82, 2.24) is 0 Å². The summed E-state index contributed by atoms with van der Waals surface area (Å²) < 4.78 is 17.6. The van der Waals surface area contributed by atoms with E-state index in [2.05, 4.69) is 9.73 Å². The molecule has 0 fully saturated rings. The van der Waals surface area contributed by atoms with Crippen molar-refractivity contribution in [2.45, 2.75) is 6.92 Å². The summed E-state index contributed by atoms with van der Waals surface area (Å²) in [6.07, 6.45) is 1.29. The summed E-state index contributed by atoms with van der Waals surface area (Å²) in [5.74, 6) is -1.29. The third kappa shape index (κ3) is 2.08. The molecular formula is C10H8FNO3. The molecule has 1 rings (SSSR count). The molecule has 0 N–H and O–H groups in total. The molecular weight excluding hydrogens is 201 g/mol. The van der Waals surface area contributed by atoms with Crippen LogP contribution < -0.4 is 0 Å². The molecule has 0 aromatic heterocycles. The zero-order valence-corrected chi connectivity index (χ0v) is 8.20. The number of aliphatic imine (C=N–C) groups is 1. The number of benzene rings is 1. The van der Waals surface area contributed by atoms with E-state index in [1.165, 1.54) is 26.2 Å². The fourth-order valence-electron chi connectivity index (χ4n) is 1.17. The molecule has 0 bridgehead atoms. The molecule has 0 unspecified atom stereocenters. The van der Waals surface area contributed by atoms with E-state index in [-0.39, 0.29) is 16.8 Å². The third-order valence-electron chi connectivity index (χ3n) is 1.93. The number of halogens is 1. The van der Waals surface area contributed by atoms with Gasteiger partial charge in [0.1, 0.15) is 5.82 Å². The fraction of sp³-hybridized carbons (Fsp3) is 0.200. The summed E-state index contributed by atoms with van der Waals surface area (Å²) in [4.78, 5) is 24.7. The monoisotopic (exact) mass is 209 g/mol. The number of esters is 1. The van der Waals surface area contributed by atoms with E-state index >= 15 is 0 Å². The molecule has 0 atom stereocenters. The summed E-state index contributed by atoms with van der Waals surface area (Å²) in [7, 11) is 1.17. The lowest BCUT2D eigenvalue weighted by Gasteiger charge is -2.06. The van der Waals surface area contributed by atoms with Gasteiger partial charge in [-0.15, -0.1) is 0 Å². The smallest absolute Gasteiger partial charge is 0.340 e. The van der Waals surface area contributed by atoms with Crippen LogP contribution in [0.1, 0.15) is 15.9 Å². The van der Waals surface area contributed by atoms with Crippen LogP contribution >= 0.6 is 0 Å². The molecule has 15 heavy (non-hydrogen) atoms. The van der Waals surface area contributed by atoms with Gasteiger partial charge in [0.15, 0.2) is 0 Å². The Morgan fingerprint density at radius 2 is 2.20 bits per heavy atom. The molecule has 5 heteroatoms. The number of rotatable bonds is 2. The number of carbonyl (C=O) groups excluding carboxylic acids is 2.